The summed E-state index contributed by atoms with van der Waals surface area (Å²) in [5, 5.41) is 13.7. The van der Waals surface area contributed by atoms with Crippen molar-refractivity contribution in [2.75, 3.05) is 0 Å². The van der Waals surface area contributed by atoms with Crippen molar-refractivity contribution in [2.45, 2.75) is 13.2 Å². The van der Waals surface area contributed by atoms with Crippen LogP contribution in [0.2, 0.25) is 5.15 Å². The van der Waals surface area contributed by atoms with Gasteiger partial charge in [-0.25, -0.2) is 9.37 Å². The molecule has 0 fully saturated rings. The molecule has 0 spiro atoms. The van der Waals surface area contributed by atoms with Gasteiger partial charge in [0.1, 0.15) is 16.7 Å². The fourth-order valence-electron chi connectivity index (χ4n) is 2.40. The zero-order valence-corrected chi connectivity index (χ0v) is 13.3. The number of fused-ring (bicyclic) bond motifs is 1. The van der Waals surface area contributed by atoms with Crippen LogP contribution in [-0.2, 0) is 13.2 Å². The number of pyridine rings is 1. The number of aliphatic hydroxyl groups is 1. The van der Waals surface area contributed by atoms with E-state index >= 15 is 0 Å². The Kier molecular flexibility index (Phi) is 4.74. The number of rotatable bonds is 4. The third kappa shape index (κ3) is 3.37. The number of carbonyl (C=O) groups excluding carboxylic acids is 1. The van der Waals surface area contributed by atoms with Gasteiger partial charge in [0.2, 0.25) is 0 Å². The van der Waals surface area contributed by atoms with Crippen molar-refractivity contribution in [3.8, 4) is 0 Å². The first-order chi connectivity index (χ1) is 11.6. The van der Waals surface area contributed by atoms with E-state index in [1.807, 2.05) is 24.3 Å². The largest absolute Gasteiger partial charge is 0.392 e. The van der Waals surface area contributed by atoms with Crippen LogP contribution in [0.3, 0.4) is 0 Å². The summed E-state index contributed by atoms with van der Waals surface area (Å²) in [5.74, 6) is -0.854. The van der Waals surface area contributed by atoms with Gasteiger partial charge in [0.25, 0.3) is 5.91 Å². The van der Waals surface area contributed by atoms with E-state index < -0.39 is 12.4 Å². The molecule has 0 saturated heterocycles. The average Bonchev–Trinajstić information content (AvgIpc) is 2.60. The molecular formula is C18H14ClFN2O2. The number of nitrogens with one attached hydrogen (secondary N) is 1. The summed E-state index contributed by atoms with van der Waals surface area (Å²) < 4.78 is 13.4. The third-order valence-corrected chi connectivity index (χ3v) is 3.95. The van der Waals surface area contributed by atoms with Gasteiger partial charge in [0.05, 0.1) is 6.61 Å². The molecule has 0 unspecified atom stereocenters. The normalized spacial score (nSPS) is 10.8. The van der Waals surface area contributed by atoms with Crippen LogP contribution in [-0.4, -0.2) is 16.0 Å². The second-order valence-electron chi connectivity index (χ2n) is 5.29. The molecule has 0 aliphatic heterocycles. The molecule has 2 N–H and O–H groups in total. The number of amides is 1. The minimum atomic E-state index is -0.476. The van der Waals surface area contributed by atoms with Crippen molar-refractivity contribution in [3.05, 3.63) is 76.3 Å². The van der Waals surface area contributed by atoms with E-state index in [1.165, 1.54) is 12.1 Å². The average molecular weight is 345 g/mol. The Balaban J connectivity index is 1.78. The lowest BCUT2D eigenvalue weighted by atomic mass is 10.1. The van der Waals surface area contributed by atoms with Gasteiger partial charge < -0.3 is 10.4 Å². The first kappa shape index (κ1) is 16.4. The molecule has 122 valence electrons. The molecular weight excluding hydrogens is 331 g/mol. The molecule has 4 nitrogen and oxygen atoms in total. The van der Waals surface area contributed by atoms with Crippen LogP contribution < -0.4 is 5.32 Å². The number of benzene rings is 2. The van der Waals surface area contributed by atoms with Crippen molar-refractivity contribution in [1.29, 1.82) is 0 Å². The van der Waals surface area contributed by atoms with E-state index in [2.05, 4.69) is 10.3 Å². The SMILES string of the molecule is O=C(NCc1ccc(F)c(CO)c1)c1cc2ccccc2c(Cl)n1. The van der Waals surface area contributed by atoms with Gasteiger partial charge in [0.15, 0.2) is 0 Å². The first-order valence-electron chi connectivity index (χ1n) is 7.30. The Morgan fingerprint density at radius 3 is 2.79 bits per heavy atom. The zero-order chi connectivity index (χ0) is 17.1. The molecule has 0 bridgehead atoms. The predicted octanol–water partition coefficient (Wildman–Crippen LogP) is 3.45. The fourth-order valence-corrected chi connectivity index (χ4v) is 2.67. The summed E-state index contributed by atoms with van der Waals surface area (Å²) in [7, 11) is 0. The quantitative estimate of drug-likeness (QED) is 0.713. The van der Waals surface area contributed by atoms with E-state index in [0.717, 1.165) is 10.8 Å². The van der Waals surface area contributed by atoms with Crippen LogP contribution in [0, 0.1) is 5.82 Å². The molecule has 6 heteroatoms. The van der Waals surface area contributed by atoms with Crippen molar-refractivity contribution in [2.24, 2.45) is 0 Å². The Hall–Kier alpha value is -2.50. The highest BCUT2D eigenvalue weighted by atomic mass is 35.5. The van der Waals surface area contributed by atoms with E-state index in [4.69, 9.17) is 16.7 Å². The summed E-state index contributed by atoms with van der Waals surface area (Å²) in [6.45, 7) is -0.201. The minimum absolute atomic E-state index is 0.189. The second kappa shape index (κ2) is 6.95. The van der Waals surface area contributed by atoms with Gasteiger partial charge >= 0.3 is 0 Å². The van der Waals surface area contributed by atoms with Gasteiger partial charge in [-0.1, -0.05) is 41.9 Å². The van der Waals surface area contributed by atoms with Crippen molar-refractivity contribution in [3.63, 3.8) is 0 Å². The Morgan fingerprint density at radius 1 is 1.21 bits per heavy atom. The van der Waals surface area contributed by atoms with Crippen LogP contribution in [0.5, 0.6) is 0 Å². The van der Waals surface area contributed by atoms with Crippen LogP contribution in [0.4, 0.5) is 4.39 Å². The second-order valence-corrected chi connectivity index (χ2v) is 5.64. The highest BCUT2D eigenvalue weighted by molar-refractivity contribution is 6.34. The van der Waals surface area contributed by atoms with Crippen molar-refractivity contribution < 1.29 is 14.3 Å². The van der Waals surface area contributed by atoms with Crippen LogP contribution >= 0.6 is 11.6 Å². The molecule has 1 amide bonds. The fraction of sp³-hybridized carbons (Fsp3) is 0.111. The number of aliphatic hydroxyl groups excluding tert-OH is 1. The number of hydrogen-bond donors (Lipinski definition) is 2. The molecule has 0 aliphatic rings. The molecule has 1 heterocycles. The maximum Gasteiger partial charge on any atom is 0.270 e. The van der Waals surface area contributed by atoms with Crippen molar-refractivity contribution >= 4 is 28.3 Å². The van der Waals surface area contributed by atoms with Crippen LogP contribution in [0.15, 0.2) is 48.5 Å². The number of nitrogens with zero attached hydrogens (tertiary/aromatic N) is 1. The summed E-state index contributed by atoms with van der Waals surface area (Å²) in [5.41, 5.74) is 1.08. The first-order valence-corrected chi connectivity index (χ1v) is 7.68. The van der Waals surface area contributed by atoms with Gasteiger partial charge in [-0.15, -0.1) is 0 Å². The number of aromatic nitrogens is 1. The smallest absolute Gasteiger partial charge is 0.270 e. The Bertz CT molecular complexity index is 915. The molecule has 3 aromatic rings. The van der Waals surface area contributed by atoms with Crippen LogP contribution in [0.1, 0.15) is 21.6 Å². The summed E-state index contributed by atoms with van der Waals surface area (Å²) in [6, 6.07) is 13.4. The van der Waals surface area contributed by atoms with E-state index in [9.17, 15) is 9.18 Å². The number of carbonyl (C=O) groups is 1. The number of hydrogen-bond acceptors (Lipinski definition) is 3. The predicted molar refractivity (Wildman–Crippen MR) is 90.2 cm³/mol. The summed E-state index contributed by atoms with van der Waals surface area (Å²) in [6.07, 6.45) is 0. The van der Waals surface area contributed by atoms with E-state index in [0.29, 0.717) is 5.56 Å². The Labute approximate surface area is 142 Å². The maximum absolute atomic E-state index is 13.4. The lowest BCUT2D eigenvalue weighted by molar-refractivity contribution is 0.0946. The molecule has 1 aromatic heterocycles. The monoisotopic (exact) mass is 344 g/mol. The Morgan fingerprint density at radius 2 is 2.00 bits per heavy atom. The molecule has 0 aliphatic carbocycles. The molecule has 0 saturated carbocycles. The lowest BCUT2D eigenvalue weighted by Crippen LogP contribution is -2.24. The minimum Gasteiger partial charge on any atom is -0.392 e. The van der Waals surface area contributed by atoms with E-state index in [1.54, 1.807) is 12.1 Å². The van der Waals surface area contributed by atoms with Gasteiger partial charge in [-0.2, -0.15) is 0 Å². The molecule has 0 radical (unpaired) electrons. The van der Waals surface area contributed by atoms with Gasteiger partial charge in [0, 0.05) is 17.5 Å². The molecule has 2 aromatic carbocycles. The summed E-state index contributed by atoms with van der Waals surface area (Å²) >= 11 is 6.12. The third-order valence-electron chi connectivity index (χ3n) is 3.66. The lowest BCUT2D eigenvalue weighted by Gasteiger charge is -2.08. The topological polar surface area (TPSA) is 62.2 Å². The van der Waals surface area contributed by atoms with Gasteiger partial charge in [-0.05, 0) is 29.1 Å². The van der Waals surface area contributed by atoms with E-state index in [-0.39, 0.29) is 28.9 Å². The molecule has 3 rings (SSSR count). The van der Waals surface area contributed by atoms with Gasteiger partial charge in [-0.3, -0.25) is 4.79 Å². The highest BCUT2D eigenvalue weighted by Gasteiger charge is 2.11. The maximum atomic E-state index is 13.4. The molecule has 24 heavy (non-hydrogen) atoms. The molecule has 0 atom stereocenters. The summed E-state index contributed by atoms with van der Waals surface area (Å²) in [4.78, 5) is 16.4. The van der Waals surface area contributed by atoms with Crippen LogP contribution in [0.25, 0.3) is 10.8 Å². The zero-order valence-electron chi connectivity index (χ0n) is 12.6. The number of halogens is 2. The standard InChI is InChI=1S/C18H14ClFN2O2/c19-17-14-4-2-1-3-12(14)8-16(22-17)18(24)21-9-11-5-6-15(20)13(7-11)10-23/h1-8,23H,9-10H2,(H,21,24). The van der Waals surface area contributed by atoms with Crippen molar-refractivity contribution in [1.82, 2.24) is 10.3 Å². The highest BCUT2D eigenvalue weighted by Crippen LogP contribution is 2.22.